The van der Waals surface area contributed by atoms with Crippen LogP contribution in [-0.4, -0.2) is 22.6 Å². The summed E-state index contributed by atoms with van der Waals surface area (Å²) in [5.41, 5.74) is 1.85. The Morgan fingerprint density at radius 1 is 0.903 bits per heavy atom. The molecule has 0 aliphatic rings. The molecule has 0 unspecified atom stereocenters. The van der Waals surface area contributed by atoms with Crippen molar-refractivity contribution in [1.29, 1.82) is 0 Å². The molecule has 0 radical (unpaired) electrons. The lowest BCUT2D eigenvalue weighted by Gasteiger charge is -2.11. The van der Waals surface area contributed by atoms with Crippen LogP contribution in [-0.2, 0) is 16.6 Å². The van der Waals surface area contributed by atoms with Gasteiger partial charge in [-0.1, -0.05) is 18.2 Å². The highest BCUT2D eigenvalue weighted by Crippen LogP contribution is 2.29. The molecule has 0 atom stereocenters. The van der Waals surface area contributed by atoms with Gasteiger partial charge in [0.15, 0.2) is 11.5 Å². The Hall–Kier alpha value is -3.52. The second-order valence-corrected chi connectivity index (χ2v) is 8.07. The van der Waals surface area contributed by atoms with Crippen LogP contribution in [0.3, 0.4) is 0 Å². The molecule has 0 bridgehead atoms. The first-order valence-corrected chi connectivity index (χ1v) is 10.8. The highest BCUT2D eigenvalue weighted by molar-refractivity contribution is 7.95. The average Bonchev–Trinajstić information content (AvgIpc) is 2.78. The van der Waals surface area contributed by atoms with Crippen molar-refractivity contribution in [1.82, 2.24) is 0 Å². The van der Waals surface area contributed by atoms with Crippen LogP contribution in [0.1, 0.15) is 11.1 Å². The summed E-state index contributed by atoms with van der Waals surface area (Å²) in [6.45, 7) is 0.242. The standard InChI is InChI=1S/C23H22FNO5S/c1-28-21-10-8-20(9-11-21)25-31(26,27)14-13-17-5-12-22(23(15-17)29-2)30-16-18-3-6-19(24)7-4-18/h3-15,25H,16H2,1-2H3. The third-order valence-corrected chi connectivity index (χ3v) is 5.30. The van der Waals surface area contributed by atoms with Gasteiger partial charge >= 0.3 is 0 Å². The molecule has 6 nitrogen and oxygen atoms in total. The summed E-state index contributed by atoms with van der Waals surface area (Å²) < 4.78 is 56.3. The number of benzene rings is 3. The molecule has 1 N–H and O–H groups in total. The van der Waals surface area contributed by atoms with Crippen molar-refractivity contribution < 1.29 is 27.0 Å². The fourth-order valence-electron chi connectivity index (χ4n) is 2.67. The van der Waals surface area contributed by atoms with Gasteiger partial charge in [0, 0.05) is 5.69 Å². The van der Waals surface area contributed by atoms with Gasteiger partial charge in [0.25, 0.3) is 10.0 Å². The number of anilines is 1. The number of ether oxygens (including phenoxy) is 3. The van der Waals surface area contributed by atoms with Gasteiger partial charge in [-0.05, 0) is 65.7 Å². The van der Waals surface area contributed by atoms with E-state index in [1.807, 2.05) is 0 Å². The van der Waals surface area contributed by atoms with Gasteiger partial charge in [-0.3, -0.25) is 4.72 Å². The van der Waals surface area contributed by atoms with Crippen molar-refractivity contribution in [3.8, 4) is 17.2 Å². The second kappa shape index (κ2) is 9.99. The third kappa shape index (κ3) is 6.48. The van der Waals surface area contributed by atoms with Crippen molar-refractivity contribution in [2.24, 2.45) is 0 Å². The first-order chi connectivity index (χ1) is 14.9. The van der Waals surface area contributed by atoms with Crippen LogP contribution in [0.25, 0.3) is 6.08 Å². The zero-order valence-corrected chi connectivity index (χ0v) is 17.9. The van der Waals surface area contributed by atoms with Crippen molar-refractivity contribution in [3.63, 3.8) is 0 Å². The summed E-state index contributed by atoms with van der Waals surface area (Å²) in [7, 11) is -0.673. The van der Waals surface area contributed by atoms with Gasteiger partial charge in [-0.15, -0.1) is 0 Å². The van der Waals surface area contributed by atoms with Crippen LogP contribution in [0.4, 0.5) is 10.1 Å². The largest absolute Gasteiger partial charge is 0.497 e. The molecule has 0 heterocycles. The van der Waals surface area contributed by atoms with E-state index >= 15 is 0 Å². The summed E-state index contributed by atoms with van der Waals surface area (Å²) in [6, 6.07) is 17.6. The number of halogens is 1. The van der Waals surface area contributed by atoms with E-state index in [9.17, 15) is 12.8 Å². The Balaban J connectivity index is 1.67. The molecule has 0 saturated carbocycles. The zero-order valence-electron chi connectivity index (χ0n) is 17.0. The number of sulfonamides is 1. The Morgan fingerprint density at radius 2 is 1.61 bits per heavy atom. The molecule has 3 aromatic carbocycles. The van der Waals surface area contributed by atoms with Gasteiger partial charge in [0.2, 0.25) is 0 Å². The molecular weight excluding hydrogens is 421 g/mol. The normalized spacial score (nSPS) is 11.3. The van der Waals surface area contributed by atoms with E-state index in [4.69, 9.17) is 14.2 Å². The molecular formula is C23H22FNO5S. The molecule has 162 valence electrons. The maximum Gasteiger partial charge on any atom is 0.255 e. The Bertz CT molecular complexity index is 1140. The molecule has 0 aliphatic heterocycles. The number of hydrogen-bond donors (Lipinski definition) is 1. The van der Waals surface area contributed by atoms with E-state index in [1.165, 1.54) is 32.4 Å². The number of rotatable bonds is 9. The maximum absolute atomic E-state index is 13.0. The van der Waals surface area contributed by atoms with Crippen LogP contribution < -0.4 is 18.9 Å². The molecule has 8 heteroatoms. The topological polar surface area (TPSA) is 73.9 Å². The van der Waals surface area contributed by atoms with E-state index in [2.05, 4.69) is 4.72 Å². The van der Waals surface area contributed by atoms with Crippen LogP contribution >= 0.6 is 0 Å². The lowest BCUT2D eigenvalue weighted by Crippen LogP contribution is -2.08. The van der Waals surface area contributed by atoms with E-state index < -0.39 is 10.0 Å². The quantitative estimate of drug-likeness (QED) is 0.513. The highest BCUT2D eigenvalue weighted by atomic mass is 32.2. The van der Waals surface area contributed by atoms with E-state index in [0.717, 1.165) is 11.0 Å². The van der Waals surface area contributed by atoms with Crippen LogP contribution in [0.2, 0.25) is 0 Å². The average molecular weight is 443 g/mol. The molecule has 0 aliphatic carbocycles. The van der Waals surface area contributed by atoms with Gasteiger partial charge in [0.05, 0.1) is 19.6 Å². The second-order valence-electron chi connectivity index (χ2n) is 6.50. The molecule has 3 rings (SSSR count). The van der Waals surface area contributed by atoms with Gasteiger partial charge in [-0.2, -0.15) is 0 Å². The first kappa shape index (κ1) is 22.2. The summed E-state index contributed by atoms with van der Waals surface area (Å²) in [4.78, 5) is 0. The van der Waals surface area contributed by atoms with Crippen molar-refractivity contribution >= 4 is 21.8 Å². The summed E-state index contributed by atoms with van der Waals surface area (Å²) >= 11 is 0. The van der Waals surface area contributed by atoms with Crippen LogP contribution in [0, 0.1) is 5.82 Å². The zero-order chi connectivity index (χ0) is 22.3. The minimum absolute atomic E-state index is 0.242. The lowest BCUT2D eigenvalue weighted by molar-refractivity contribution is 0.284. The van der Waals surface area contributed by atoms with E-state index in [0.29, 0.717) is 28.5 Å². The molecule has 0 saturated heterocycles. The van der Waals surface area contributed by atoms with Crippen LogP contribution in [0.15, 0.2) is 72.1 Å². The summed E-state index contributed by atoms with van der Waals surface area (Å²) in [6.07, 6.45) is 1.46. The fraction of sp³-hybridized carbons (Fsp3) is 0.130. The minimum Gasteiger partial charge on any atom is -0.497 e. The number of hydrogen-bond acceptors (Lipinski definition) is 5. The summed E-state index contributed by atoms with van der Waals surface area (Å²) in [5, 5.41) is 1.07. The number of nitrogens with one attached hydrogen (secondary N) is 1. The molecule has 3 aromatic rings. The van der Waals surface area contributed by atoms with Gasteiger partial charge in [0.1, 0.15) is 18.2 Å². The number of methoxy groups -OCH3 is 2. The molecule has 0 spiro atoms. The Morgan fingerprint density at radius 3 is 2.26 bits per heavy atom. The molecule has 0 aromatic heterocycles. The predicted molar refractivity (Wildman–Crippen MR) is 118 cm³/mol. The lowest BCUT2D eigenvalue weighted by atomic mass is 10.2. The van der Waals surface area contributed by atoms with Crippen molar-refractivity contribution in [3.05, 3.63) is 89.1 Å². The maximum atomic E-state index is 13.0. The van der Waals surface area contributed by atoms with Gasteiger partial charge in [-0.25, -0.2) is 12.8 Å². The first-order valence-electron chi connectivity index (χ1n) is 9.29. The SMILES string of the molecule is COc1ccc(NS(=O)(=O)C=Cc2ccc(OCc3ccc(F)cc3)c(OC)c2)cc1. The third-order valence-electron chi connectivity index (χ3n) is 4.29. The molecule has 0 amide bonds. The fourth-order valence-corrected chi connectivity index (χ4v) is 3.54. The van der Waals surface area contributed by atoms with Crippen molar-refractivity contribution in [2.75, 3.05) is 18.9 Å². The Labute approximate surface area is 180 Å². The van der Waals surface area contributed by atoms with Crippen LogP contribution in [0.5, 0.6) is 17.2 Å². The minimum atomic E-state index is -3.71. The van der Waals surface area contributed by atoms with E-state index in [1.54, 1.807) is 54.6 Å². The predicted octanol–water partition coefficient (Wildman–Crippen LogP) is 4.83. The van der Waals surface area contributed by atoms with Crippen molar-refractivity contribution in [2.45, 2.75) is 6.61 Å². The highest BCUT2D eigenvalue weighted by Gasteiger charge is 2.08. The monoisotopic (exact) mass is 443 g/mol. The van der Waals surface area contributed by atoms with Gasteiger partial charge < -0.3 is 14.2 Å². The Kier molecular flexibility index (Phi) is 7.15. The summed E-state index contributed by atoms with van der Waals surface area (Å²) in [5.74, 6) is 1.26. The molecule has 0 fully saturated rings. The van der Waals surface area contributed by atoms with E-state index in [-0.39, 0.29) is 12.4 Å². The smallest absolute Gasteiger partial charge is 0.255 e. The molecule has 31 heavy (non-hydrogen) atoms.